The molecule has 3 aromatic carbocycles. The largest absolute Gasteiger partial charge is 0.332 e. The summed E-state index contributed by atoms with van der Waals surface area (Å²) in [5, 5.41) is 0. The Morgan fingerprint density at radius 3 is 1.97 bits per heavy atom. The molecule has 6 aromatic rings. The van der Waals surface area contributed by atoms with E-state index in [2.05, 4.69) is 59.6 Å². The van der Waals surface area contributed by atoms with E-state index < -0.39 is 0 Å². The molecule has 0 saturated carbocycles. The second-order valence-corrected chi connectivity index (χ2v) is 9.68. The van der Waals surface area contributed by atoms with Crippen molar-refractivity contribution in [3.05, 3.63) is 133 Å². The van der Waals surface area contributed by atoms with Crippen LogP contribution in [0.4, 0.5) is 0 Å². The molecule has 0 atom stereocenters. The molecule has 0 fully saturated rings. The fourth-order valence-electron chi connectivity index (χ4n) is 4.17. The molecule has 4 nitrogen and oxygen atoms in total. The Morgan fingerprint density at radius 1 is 0.711 bits per heavy atom. The van der Waals surface area contributed by atoms with Gasteiger partial charge in [0.1, 0.15) is 0 Å². The van der Waals surface area contributed by atoms with Crippen molar-refractivity contribution in [2.75, 3.05) is 0 Å². The summed E-state index contributed by atoms with van der Waals surface area (Å²) in [7, 11) is 0. The first kappa shape index (κ1) is 27.1. The van der Waals surface area contributed by atoms with Crippen LogP contribution >= 0.6 is 0 Å². The average molecular weight is 673 g/mol. The van der Waals surface area contributed by atoms with Crippen molar-refractivity contribution in [3.63, 3.8) is 0 Å². The van der Waals surface area contributed by atoms with Gasteiger partial charge in [0, 0.05) is 43.7 Å². The molecule has 3 aromatic heterocycles. The van der Waals surface area contributed by atoms with Crippen molar-refractivity contribution in [3.8, 4) is 28.3 Å². The first-order chi connectivity index (χ1) is 18.0. The molecule has 191 valence electrons. The van der Waals surface area contributed by atoms with E-state index in [1.165, 1.54) is 0 Å². The van der Waals surface area contributed by atoms with Crippen LogP contribution in [0.5, 0.6) is 0 Å². The third-order valence-corrected chi connectivity index (χ3v) is 5.99. The zero-order valence-electron chi connectivity index (χ0n) is 21.6. The number of para-hydroxylation sites is 1. The summed E-state index contributed by atoms with van der Waals surface area (Å²) in [4.78, 5) is 13.7. The van der Waals surface area contributed by atoms with Gasteiger partial charge in [-0.15, -0.1) is 71.8 Å². The van der Waals surface area contributed by atoms with Crippen LogP contribution in [-0.2, 0) is 25.5 Å². The van der Waals surface area contributed by atoms with Crippen LogP contribution in [0.2, 0.25) is 0 Å². The van der Waals surface area contributed by atoms with Crippen molar-refractivity contribution < 1.29 is 20.1 Å². The Morgan fingerprint density at radius 2 is 1.37 bits per heavy atom. The molecule has 0 N–H and O–H groups in total. The van der Waals surface area contributed by atoms with E-state index in [-0.39, 0.29) is 25.5 Å². The summed E-state index contributed by atoms with van der Waals surface area (Å²) in [6, 6.07) is 38.4. The van der Waals surface area contributed by atoms with Gasteiger partial charge in [0.05, 0.1) is 23.1 Å². The van der Waals surface area contributed by atoms with Gasteiger partial charge in [0.25, 0.3) is 0 Å². The number of fused-ring (bicyclic) bond motifs is 1. The number of imidazole rings is 1. The van der Waals surface area contributed by atoms with E-state index in [1.54, 1.807) is 6.20 Å². The van der Waals surface area contributed by atoms with Crippen LogP contribution < -0.4 is 0 Å². The number of hydrogen-bond donors (Lipinski definition) is 0. The minimum Gasteiger partial charge on any atom is -0.332 e. The van der Waals surface area contributed by atoms with Crippen LogP contribution in [0.3, 0.4) is 0 Å². The van der Waals surface area contributed by atoms with Gasteiger partial charge >= 0.3 is 0 Å². The van der Waals surface area contributed by atoms with E-state index >= 15 is 0 Å². The number of aromatic nitrogens is 4. The maximum atomic E-state index is 5.02. The predicted molar refractivity (Wildman–Crippen MR) is 150 cm³/mol. The number of nitrogens with zero attached hydrogens (tertiary/aromatic N) is 4. The summed E-state index contributed by atoms with van der Waals surface area (Å²) in [6.45, 7) is 6.58. The first-order valence-corrected chi connectivity index (χ1v) is 12.3. The van der Waals surface area contributed by atoms with Gasteiger partial charge in [0.2, 0.25) is 0 Å². The minimum absolute atomic E-state index is 0. The molecule has 0 amide bonds. The minimum atomic E-state index is -0.0277. The van der Waals surface area contributed by atoms with Gasteiger partial charge in [-0.05, 0) is 29.3 Å². The third-order valence-electron chi connectivity index (χ3n) is 5.99. The normalized spacial score (nSPS) is 10.8. The molecule has 0 aliphatic rings. The summed E-state index contributed by atoms with van der Waals surface area (Å²) in [5.41, 5.74) is 7.20. The van der Waals surface area contributed by atoms with Gasteiger partial charge in [-0.25, -0.2) is 0 Å². The molecule has 0 aliphatic carbocycles. The molecular weight excluding hydrogens is 645 g/mol. The average Bonchev–Trinajstić information content (AvgIpc) is 3.35. The van der Waals surface area contributed by atoms with Crippen LogP contribution in [0.15, 0.2) is 116 Å². The molecule has 5 heteroatoms. The fraction of sp³-hybridized carbons (Fsp3) is 0.121. The molecular formula is C33H28IrN4-2. The Bertz CT molecular complexity index is 1540. The standard InChI is InChI=1S/C22H20N3.C11H8N.Ir/c1-22(2,3)18-14-23-15-19-20(18)24-21(16-10-6-4-7-11-16)25(19)17-12-8-5-9-13-17;1-2-6-10(7-3-1)11-8-4-5-9-12-11;/h4-10,12-15H,1-3H3;1-6,8-9H;/q2*-1;. The molecule has 0 unspecified atom stereocenters. The van der Waals surface area contributed by atoms with E-state index in [9.17, 15) is 0 Å². The Labute approximate surface area is 237 Å². The van der Waals surface area contributed by atoms with E-state index in [0.717, 1.165) is 44.9 Å². The fourth-order valence-corrected chi connectivity index (χ4v) is 4.17. The zero-order chi connectivity index (χ0) is 25.7. The quantitative estimate of drug-likeness (QED) is 0.181. The number of rotatable bonds is 3. The van der Waals surface area contributed by atoms with Crippen molar-refractivity contribution in [2.45, 2.75) is 26.2 Å². The molecule has 3 heterocycles. The third kappa shape index (κ3) is 5.96. The Hall–Kier alpha value is -3.92. The van der Waals surface area contributed by atoms with Crippen molar-refractivity contribution in [2.24, 2.45) is 0 Å². The molecule has 38 heavy (non-hydrogen) atoms. The van der Waals surface area contributed by atoms with Crippen LogP contribution in [0, 0.1) is 12.1 Å². The topological polar surface area (TPSA) is 43.6 Å². The summed E-state index contributed by atoms with van der Waals surface area (Å²) < 4.78 is 2.17. The van der Waals surface area contributed by atoms with Crippen molar-refractivity contribution >= 4 is 11.0 Å². The van der Waals surface area contributed by atoms with Crippen LogP contribution in [0.1, 0.15) is 26.3 Å². The van der Waals surface area contributed by atoms with Crippen molar-refractivity contribution in [1.29, 1.82) is 0 Å². The van der Waals surface area contributed by atoms with Crippen LogP contribution in [0.25, 0.3) is 39.4 Å². The second kappa shape index (κ2) is 12.1. The summed E-state index contributed by atoms with van der Waals surface area (Å²) in [5.74, 6) is 0.889. The number of benzene rings is 3. The Kier molecular flexibility index (Phi) is 8.62. The second-order valence-electron chi connectivity index (χ2n) is 9.68. The van der Waals surface area contributed by atoms with E-state index in [0.29, 0.717) is 0 Å². The summed E-state index contributed by atoms with van der Waals surface area (Å²) >= 11 is 0. The Balaban J connectivity index is 0.000000218. The van der Waals surface area contributed by atoms with Gasteiger partial charge in [-0.3, -0.25) is 9.97 Å². The van der Waals surface area contributed by atoms with E-state index in [4.69, 9.17) is 4.98 Å². The maximum Gasteiger partial charge on any atom is 0.0843 e. The SMILES string of the molecule is CC(C)(C)c1cncc2c1nc(-c1[c-]cccc1)n2-c1ccccc1.[Ir].[c-]1ccccc1-c1ccccn1. The smallest absolute Gasteiger partial charge is 0.0843 e. The molecule has 1 radical (unpaired) electrons. The van der Waals surface area contributed by atoms with Gasteiger partial charge < -0.3 is 9.55 Å². The first-order valence-electron chi connectivity index (χ1n) is 12.3. The molecule has 0 aliphatic heterocycles. The van der Waals surface area contributed by atoms with Gasteiger partial charge in [-0.2, -0.15) is 0 Å². The molecule has 0 bridgehead atoms. The monoisotopic (exact) mass is 673 g/mol. The number of pyridine rings is 2. The maximum absolute atomic E-state index is 5.02. The van der Waals surface area contributed by atoms with E-state index in [1.807, 2.05) is 97.3 Å². The summed E-state index contributed by atoms with van der Waals surface area (Å²) in [6.07, 6.45) is 5.62. The molecule has 0 spiro atoms. The van der Waals surface area contributed by atoms with Crippen molar-refractivity contribution in [1.82, 2.24) is 19.5 Å². The number of hydrogen-bond acceptors (Lipinski definition) is 3. The zero-order valence-corrected chi connectivity index (χ0v) is 24.0. The predicted octanol–water partition coefficient (Wildman–Crippen LogP) is 7.73. The molecule has 0 saturated heterocycles. The molecule has 6 rings (SSSR count). The van der Waals surface area contributed by atoms with Crippen LogP contribution in [-0.4, -0.2) is 19.5 Å². The van der Waals surface area contributed by atoms with Gasteiger partial charge in [-0.1, -0.05) is 51.1 Å². The van der Waals surface area contributed by atoms with Gasteiger partial charge in [0.15, 0.2) is 0 Å².